The van der Waals surface area contributed by atoms with Crippen LogP contribution in [0.3, 0.4) is 0 Å². The Morgan fingerprint density at radius 3 is 2.61 bits per heavy atom. The smallest absolute Gasteiger partial charge is 0.234 e. The molecule has 0 aliphatic carbocycles. The van der Waals surface area contributed by atoms with E-state index in [1.54, 1.807) is 36.4 Å². The van der Waals surface area contributed by atoms with Gasteiger partial charge >= 0.3 is 0 Å². The zero-order valence-electron chi connectivity index (χ0n) is 15.1. The fourth-order valence-electron chi connectivity index (χ4n) is 2.41. The minimum absolute atomic E-state index is 0.164. The Balaban J connectivity index is 1.58. The zero-order chi connectivity index (χ0) is 19.9. The van der Waals surface area contributed by atoms with Crippen molar-refractivity contribution in [3.63, 3.8) is 0 Å². The van der Waals surface area contributed by atoms with Gasteiger partial charge in [-0.3, -0.25) is 4.79 Å². The van der Waals surface area contributed by atoms with Crippen LogP contribution in [0.4, 0.5) is 5.69 Å². The van der Waals surface area contributed by atoms with Gasteiger partial charge in [0.2, 0.25) is 5.91 Å². The summed E-state index contributed by atoms with van der Waals surface area (Å²) in [6.07, 6.45) is 0. The minimum atomic E-state index is -0.164. The van der Waals surface area contributed by atoms with Crippen LogP contribution in [-0.4, -0.2) is 26.4 Å². The molecule has 0 unspecified atom stereocenters. The predicted octanol–water partition coefficient (Wildman–Crippen LogP) is 4.91. The van der Waals surface area contributed by atoms with Crippen LogP contribution in [0.5, 0.6) is 5.75 Å². The van der Waals surface area contributed by atoms with Crippen molar-refractivity contribution in [1.29, 1.82) is 0 Å². The molecule has 0 atom stereocenters. The molecule has 0 spiro atoms. The lowest BCUT2D eigenvalue weighted by Crippen LogP contribution is -2.15. The maximum atomic E-state index is 12.2. The molecule has 1 amide bonds. The topological polar surface area (TPSA) is 69.0 Å². The van der Waals surface area contributed by atoms with Crippen molar-refractivity contribution in [3.05, 3.63) is 64.4 Å². The lowest BCUT2D eigenvalue weighted by Gasteiger charge is -2.09. The normalized spacial score (nSPS) is 10.7. The highest BCUT2D eigenvalue weighted by atomic mass is 35.5. The molecular weight excluding hydrogens is 419 g/mol. The molecule has 9 heteroatoms. The monoisotopic (exact) mass is 436 g/mol. The number of hydrogen-bond donors (Lipinski definition) is 1. The van der Waals surface area contributed by atoms with Crippen LogP contribution in [0.2, 0.25) is 10.0 Å². The number of para-hydroxylation sites is 1. The highest BCUT2D eigenvalue weighted by Gasteiger charge is 2.14. The number of halogens is 2. The maximum absolute atomic E-state index is 12.2. The maximum Gasteiger partial charge on any atom is 0.234 e. The van der Waals surface area contributed by atoms with Gasteiger partial charge in [0, 0.05) is 11.6 Å². The lowest BCUT2D eigenvalue weighted by atomic mass is 10.3. The summed E-state index contributed by atoms with van der Waals surface area (Å²) in [7, 11) is 0. The third-order valence-corrected chi connectivity index (χ3v) is 5.32. The summed E-state index contributed by atoms with van der Waals surface area (Å²) in [5.41, 5.74) is 0.587. The molecule has 0 bridgehead atoms. The molecule has 1 aromatic heterocycles. The van der Waals surface area contributed by atoms with Crippen LogP contribution in [-0.2, 0) is 17.9 Å². The van der Waals surface area contributed by atoms with Crippen molar-refractivity contribution >= 4 is 46.6 Å². The van der Waals surface area contributed by atoms with E-state index in [9.17, 15) is 4.79 Å². The molecular formula is C19H18Cl2N4O2S. The number of anilines is 1. The third kappa shape index (κ3) is 5.41. The summed E-state index contributed by atoms with van der Waals surface area (Å²) in [5, 5.41) is 13.0. The second-order valence-electron chi connectivity index (χ2n) is 5.70. The number of hydrogen-bond acceptors (Lipinski definition) is 5. The van der Waals surface area contributed by atoms with Gasteiger partial charge in [-0.2, -0.15) is 0 Å². The van der Waals surface area contributed by atoms with E-state index >= 15 is 0 Å². The number of ether oxygens (including phenoxy) is 1. The standard InChI is InChI=1S/C19H18Cl2N4O2S/c1-2-25-17(11-27-14-9-7-13(20)8-10-14)23-24-19(25)28-12-18(26)22-16-6-4-3-5-15(16)21/h3-10H,2,11-12H2,1H3,(H,22,26). The SMILES string of the molecule is CCn1c(COc2ccc(Cl)cc2)nnc1SCC(=O)Nc1ccccc1Cl. The lowest BCUT2D eigenvalue weighted by molar-refractivity contribution is -0.113. The van der Waals surface area contributed by atoms with Crippen LogP contribution in [0.25, 0.3) is 0 Å². The van der Waals surface area contributed by atoms with Crippen LogP contribution < -0.4 is 10.1 Å². The molecule has 0 fully saturated rings. The fourth-order valence-corrected chi connectivity index (χ4v) is 3.54. The first-order chi connectivity index (χ1) is 13.6. The number of aromatic nitrogens is 3. The number of carbonyl (C=O) groups is 1. The first-order valence-corrected chi connectivity index (χ1v) is 10.3. The largest absolute Gasteiger partial charge is 0.486 e. The average Bonchev–Trinajstić information content (AvgIpc) is 3.09. The molecule has 3 aromatic rings. The molecule has 0 aliphatic heterocycles. The van der Waals surface area contributed by atoms with Gasteiger partial charge in [-0.1, -0.05) is 47.1 Å². The van der Waals surface area contributed by atoms with E-state index in [4.69, 9.17) is 27.9 Å². The Morgan fingerprint density at radius 2 is 1.89 bits per heavy atom. The summed E-state index contributed by atoms with van der Waals surface area (Å²) in [5.74, 6) is 1.42. The quantitative estimate of drug-likeness (QED) is 0.507. The van der Waals surface area contributed by atoms with Crippen LogP contribution in [0.1, 0.15) is 12.7 Å². The number of carbonyl (C=O) groups excluding carboxylic acids is 1. The molecule has 0 saturated heterocycles. The van der Waals surface area contributed by atoms with Crippen molar-refractivity contribution in [1.82, 2.24) is 14.8 Å². The van der Waals surface area contributed by atoms with E-state index in [0.717, 1.165) is 0 Å². The Labute approximate surface area is 177 Å². The van der Waals surface area contributed by atoms with E-state index in [1.165, 1.54) is 11.8 Å². The molecule has 1 heterocycles. The average molecular weight is 437 g/mol. The molecule has 3 rings (SSSR count). The summed E-state index contributed by atoms with van der Waals surface area (Å²) >= 11 is 13.2. The molecule has 146 valence electrons. The van der Waals surface area contributed by atoms with Gasteiger partial charge in [0.1, 0.15) is 12.4 Å². The van der Waals surface area contributed by atoms with Crippen LogP contribution >= 0.6 is 35.0 Å². The Kier molecular flexibility index (Phi) is 7.19. The first kappa shape index (κ1) is 20.5. The second kappa shape index (κ2) is 9.82. The highest BCUT2D eigenvalue weighted by Crippen LogP contribution is 2.23. The molecule has 6 nitrogen and oxygen atoms in total. The number of amides is 1. The minimum Gasteiger partial charge on any atom is -0.486 e. The number of nitrogens with zero attached hydrogens (tertiary/aromatic N) is 3. The van der Waals surface area contributed by atoms with E-state index in [0.29, 0.717) is 39.0 Å². The zero-order valence-corrected chi connectivity index (χ0v) is 17.4. The van der Waals surface area contributed by atoms with Crippen molar-refractivity contribution in [2.75, 3.05) is 11.1 Å². The molecule has 2 aromatic carbocycles. The number of rotatable bonds is 8. The van der Waals surface area contributed by atoms with Crippen molar-refractivity contribution in [2.24, 2.45) is 0 Å². The molecule has 0 saturated carbocycles. The highest BCUT2D eigenvalue weighted by molar-refractivity contribution is 7.99. The van der Waals surface area contributed by atoms with E-state index < -0.39 is 0 Å². The number of thioether (sulfide) groups is 1. The molecule has 1 N–H and O–H groups in total. The van der Waals surface area contributed by atoms with E-state index in [-0.39, 0.29) is 18.3 Å². The number of nitrogens with one attached hydrogen (secondary N) is 1. The van der Waals surface area contributed by atoms with Gasteiger partial charge in [-0.05, 0) is 43.3 Å². The van der Waals surface area contributed by atoms with Gasteiger partial charge in [0.25, 0.3) is 0 Å². The summed E-state index contributed by atoms with van der Waals surface area (Å²) in [4.78, 5) is 12.2. The third-order valence-electron chi connectivity index (χ3n) is 3.77. The second-order valence-corrected chi connectivity index (χ2v) is 7.49. The van der Waals surface area contributed by atoms with Crippen molar-refractivity contribution < 1.29 is 9.53 Å². The van der Waals surface area contributed by atoms with Gasteiger partial charge in [0.05, 0.1) is 16.5 Å². The van der Waals surface area contributed by atoms with Gasteiger partial charge in [-0.15, -0.1) is 10.2 Å². The van der Waals surface area contributed by atoms with Crippen molar-refractivity contribution in [2.45, 2.75) is 25.2 Å². The predicted molar refractivity (Wildman–Crippen MR) is 112 cm³/mol. The van der Waals surface area contributed by atoms with Gasteiger partial charge in [-0.25, -0.2) is 0 Å². The van der Waals surface area contributed by atoms with E-state index in [2.05, 4.69) is 15.5 Å². The Hall–Kier alpha value is -2.22. The van der Waals surface area contributed by atoms with Gasteiger partial charge in [0.15, 0.2) is 11.0 Å². The molecule has 0 radical (unpaired) electrons. The van der Waals surface area contributed by atoms with Crippen LogP contribution in [0.15, 0.2) is 53.7 Å². The molecule has 28 heavy (non-hydrogen) atoms. The summed E-state index contributed by atoms with van der Waals surface area (Å²) < 4.78 is 7.66. The summed E-state index contributed by atoms with van der Waals surface area (Å²) in [6, 6.07) is 14.2. The first-order valence-electron chi connectivity index (χ1n) is 8.54. The Bertz CT molecular complexity index is 947. The Morgan fingerprint density at radius 1 is 1.14 bits per heavy atom. The van der Waals surface area contributed by atoms with Crippen molar-refractivity contribution in [3.8, 4) is 5.75 Å². The van der Waals surface area contributed by atoms with Crippen LogP contribution in [0, 0.1) is 0 Å². The van der Waals surface area contributed by atoms with Gasteiger partial charge < -0.3 is 14.6 Å². The fraction of sp³-hybridized carbons (Fsp3) is 0.211. The van der Waals surface area contributed by atoms with E-state index in [1.807, 2.05) is 23.6 Å². The number of benzene rings is 2. The summed E-state index contributed by atoms with van der Waals surface area (Å²) in [6.45, 7) is 2.93. The molecule has 0 aliphatic rings.